The number of aryl methyl sites for hydroxylation is 2. The quantitative estimate of drug-likeness (QED) is 0.542. The van der Waals surface area contributed by atoms with Crippen molar-refractivity contribution in [3.05, 3.63) is 70.9 Å². The summed E-state index contributed by atoms with van der Waals surface area (Å²) < 4.78 is 5.85. The third kappa shape index (κ3) is 5.33. The topological polar surface area (TPSA) is 85.5 Å². The van der Waals surface area contributed by atoms with Gasteiger partial charge in [-0.1, -0.05) is 35.9 Å². The zero-order valence-corrected chi connectivity index (χ0v) is 19.3. The van der Waals surface area contributed by atoms with Gasteiger partial charge in [-0.2, -0.15) is 0 Å². The Labute approximate surface area is 194 Å². The van der Waals surface area contributed by atoms with Gasteiger partial charge in [0.15, 0.2) is 0 Å². The van der Waals surface area contributed by atoms with Crippen LogP contribution in [0.15, 0.2) is 48.5 Å². The first-order chi connectivity index (χ1) is 15.9. The third-order valence-electron chi connectivity index (χ3n) is 6.38. The van der Waals surface area contributed by atoms with Gasteiger partial charge in [-0.25, -0.2) is 0 Å². The summed E-state index contributed by atoms with van der Waals surface area (Å²) >= 11 is 0. The minimum Gasteiger partial charge on any atom is -0.493 e. The molecule has 33 heavy (non-hydrogen) atoms. The first-order valence-corrected chi connectivity index (χ1v) is 11.6. The van der Waals surface area contributed by atoms with Crippen LogP contribution >= 0.6 is 0 Å². The van der Waals surface area contributed by atoms with Crippen molar-refractivity contribution in [1.82, 2.24) is 9.88 Å². The first-order valence-electron chi connectivity index (χ1n) is 11.6. The van der Waals surface area contributed by atoms with Gasteiger partial charge >= 0.3 is 0 Å². The van der Waals surface area contributed by atoms with Crippen LogP contribution in [-0.4, -0.2) is 41.4 Å². The summed E-state index contributed by atoms with van der Waals surface area (Å²) in [5.74, 6) is 0.695. The molecule has 0 atom stereocenters. The molecule has 0 unspecified atom stereocenters. The fraction of sp³-hybridized carbons (Fsp3) is 0.370. The fourth-order valence-corrected chi connectivity index (χ4v) is 4.57. The minimum atomic E-state index is -0.453. The van der Waals surface area contributed by atoms with Crippen LogP contribution in [0.1, 0.15) is 58.8 Å². The summed E-state index contributed by atoms with van der Waals surface area (Å²) in [6.45, 7) is 5.94. The zero-order valence-electron chi connectivity index (χ0n) is 19.3. The van der Waals surface area contributed by atoms with Gasteiger partial charge in [-0.3, -0.25) is 14.6 Å². The molecule has 1 aliphatic rings. The molecule has 1 fully saturated rings. The van der Waals surface area contributed by atoms with Gasteiger partial charge in [0.05, 0.1) is 23.4 Å². The van der Waals surface area contributed by atoms with Crippen LogP contribution in [0.3, 0.4) is 0 Å². The van der Waals surface area contributed by atoms with Crippen LogP contribution in [0, 0.1) is 13.8 Å². The number of carbonyl (C=O) groups excluding carboxylic acids is 2. The van der Waals surface area contributed by atoms with E-state index in [2.05, 4.69) is 13.0 Å². The number of ether oxygens (including phenoxy) is 1. The molecule has 0 aliphatic carbocycles. The molecule has 0 saturated carbocycles. The van der Waals surface area contributed by atoms with Crippen LogP contribution < -0.4 is 10.5 Å². The van der Waals surface area contributed by atoms with E-state index >= 15 is 0 Å². The molecule has 0 radical (unpaired) electrons. The molecule has 0 bridgehead atoms. The molecule has 6 heteroatoms. The molecule has 172 valence electrons. The van der Waals surface area contributed by atoms with E-state index in [-0.39, 0.29) is 11.8 Å². The van der Waals surface area contributed by atoms with Gasteiger partial charge in [0.25, 0.3) is 5.91 Å². The van der Waals surface area contributed by atoms with E-state index in [1.165, 1.54) is 5.56 Å². The molecular weight excluding hydrogens is 414 g/mol. The third-order valence-corrected chi connectivity index (χ3v) is 6.38. The highest BCUT2D eigenvalue weighted by atomic mass is 16.5. The van der Waals surface area contributed by atoms with Crippen LogP contribution in [0.25, 0.3) is 10.9 Å². The fourth-order valence-electron chi connectivity index (χ4n) is 4.57. The van der Waals surface area contributed by atoms with Crippen molar-refractivity contribution in [2.24, 2.45) is 5.73 Å². The average Bonchev–Trinajstić information content (AvgIpc) is 2.82. The molecule has 2 aromatic carbocycles. The van der Waals surface area contributed by atoms with Crippen molar-refractivity contribution in [3.63, 3.8) is 0 Å². The number of hydrogen-bond donors (Lipinski definition) is 1. The molecule has 0 spiro atoms. The van der Waals surface area contributed by atoms with E-state index in [1.54, 1.807) is 0 Å². The molecule has 2 N–H and O–H groups in total. The summed E-state index contributed by atoms with van der Waals surface area (Å²) in [4.78, 5) is 31.5. The number of benzene rings is 2. The van der Waals surface area contributed by atoms with Crippen LogP contribution in [0.4, 0.5) is 0 Å². The summed E-state index contributed by atoms with van der Waals surface area (Å²) in [7, 11) is 0. The number of carbonyl (C=O) groups is 2. The minimum absolute atomic E-state index is 0.119. The molecule has 1 aromatic heterocycles. The Morgan fingerprint density at radius 3 is 2.58 bits per heavy atom. The largest absolute Gasteiger partial charge is 0.493 e. The van der Waals surface area contributed by atoms with Crippen LogP contribution in [0.5, 0.6) is 5.75 Å². The number of aromatic nitrogens is 1. The Morgan fingerprint density at radius 1 is 1.09 bits per heavy atom. The van der Waals surface area contributed by atoms with E-state index < -0.39 is 5.91 Å². The summed E-state index contributed by atoms with van der Waals surface area (Å²) in [6.07, 6.45) is 2.70. The van der Waals surface area contributed by atoms with Crippen molar-refractivity contribution in [2.75, 3.05) is 19.7 Å². The molecule has 2 heterocycles. The lowest BCUT2D eigenvalue weighted by atomic mass is 9.89. The number of primary amides is 1. The maximum Gasteiger partial charge on any atom is 0.250 e. The Bertz CT molecular complexity index is 1170. The predicted molar refractivity (Wildman–Crippen MR) is 129 cm³/mol. The molecule has 3 aromatic rings. The molecule has 6 nitrogen and oxygen atoms in total. The molecular formula is C27H31N3O3. The number of hydrogen-bond acceptors (Lipinski definition) is 4. The lowest BCUT2D eigenvalue weighted by Crippen LogP contribution is -2.38. The van der Waals surface area contributed by atoms with Gasteiger partial charge < -0.3 is 15.4 Å². The van der Waals surface area contributed by atoms with Gasteiger partial charge in [-0.15, -0.1) is 0 Å². The Morgan fingerprint density at radius 2 is 1.85 bits per heavy atom. The number of para-hydroxylation sites is 1. The van der Waals surface area contributed by atoms with E-state index in [0.29, 0.717) is 38.1 Å². The SMILES string of the molecule is Cc1ccc(OCCCC(=O)N2CCC(c3nc4ccccc4cc3C(N)=O)CC2)c(C)c1. The summed E-state index contributed by atoms with van der Waals surface area (Å²) in [5, 5.41) is 0.908. The van der Waals surface area contributed by atoms with E-state index in [4.69, 9.17) is 15.5 Å². The molecule has 2 amide bonds. The summed E-state index contributed by atoms with van der Waals surface area (Å²) in [6, 6.07) is 15.7. The van der Waals surface area contributed by atoms with Gasteiger partial charge in [-0.05, 0) is 56.9 Å². The molecule has 4 rings (SSSR count). The molecule has 1 saturated heterocycles. The van der Waals surface area contributed by atoms with E-state index in [0.717, 1.165) is 40.8 Å². The number of piperidine rings is 1. The highest BCUT2D eigenvalue weighted by Gasteiger charge is 2.27. The highest BCUT2D eigenvalue weighted by molar-refractivity contribution is 5.97. The summed E-state index contributed by atoms with van der Waals surface area (Å²) in [5.41, 5.74) is 10.1. The number of likely N-dealkylation sites (tertiary alicyclic amines) is 1. The van der Waals surface area contributed by atoms with Crippen molar-refractivity contribution >= 4 is 22.7 Å². The first kappa shape index (κ1) is 22.8. The Kier molecular flexibility index (Phi) is 6.92. The monoisotopic (exact) mass is 445 g/mol. The number of fused-ring (bicyclic) bond motifs is 1. The normalized spacial score (nSPS) is 14.4. The predicted octanol–water partition coefficient (Wildman–Crippen LogP) is 4.52. The van der Waals surface area contributed by atoms with Gasteiger partial charge in [0.1, 0.15) is 5.75 Å². The van der Waals surface area contributed by atoms with Crippen LogP contribution in [0.2, 0.25) is 0 Å². The van der Waals surface area contributed by atoms with Crippen LogP contribution in [-0.2, 0) is 4.79 Å². The lowest BCUT2D eigenvalue weighted by molar-refractivity contribution is -0.132. The number of nitrogens with two attached hydrogens (primary N) is 1. The number of nitrogens with zero attached hydrogens (tertiary/aromatic N) is 2. The van der Waals surface area contributed by atoms with E-state index in [1.807, 2.05) is 54.3 Å². The second kappa shape index (κ2) is 10.0. The number of pyridine rings is 1. The standard InChI is InChI=1S/C27H31N3O3/c1-18-9-10-24(19(2)16-18)33-15-5-8-25(31)30-13-11-20(12-14-30)26-22(27(28)32)17-21-6-3-4-7-23(21)29-26/h3-4,6-7,9-10,16-17,20H,5,8,11-15H2,1-2H3,(H2,28,32). The average molecular weight is 446 g/mol. The van der Waals surface area contributed by atoms with Gasteiger partial charge in [0, 0.05) is 30.8 Å². The smallest absolute Gasteiger partial charge is 0.250 e. The Hall–Kier alpha value is -3.41. The van der Waals surface area contributed by atoms with E-state index in [9.17, 15) is 9.59 Å². The zero-order chi connectivity index (χ0) is 23.4. The maximum absolute atomic E-state index is 12.7. The maximum atomic E-state index is 12.7. The Balaban J connectivity index is 1.31. The van der Waals surface area contributed by atoms with Crippen molar-refractivity contribution in [1.29, 1.82) is 0 Å². The van der Waals surface area contributed by atoms with Crippen molar-refractivity contribution in [3.8, 4) is 5.75 Å². The second-order valence-electron chi connectivity index (χ2n) is 8.85. The lowest BCUT2D eigenvalue weighted by Gasteiger charge is -2.32. The highest BCUT2D eigenvalue weighted by Crippen LogP contribution is 2.31. The molecule has 1 aliphatic heterocycles. The number of amides is 2. The van der Waals surface area contributed by atoms with Crippen molar-refractivity contribution < 1.29 is 14.3 Å². The number of rotatable bonds is 7. The second-order valence-corrected chi connectivity index (χ2v) is 8.85. The van der Waals surface area contributed by atoms with Crippen molar-refractivity contribution in [2.45, 2.75) is 45.4 Å². The van der Waals surface area contributed by atoms with Gasteiger partial charge in [0.2, 0.25) is 5.91 Å².